The number of allylic oxidation sites excluding steroid dienone is 4. The number of benzene rings is 6. The van der Waals surface area contributed by atoms with Crippen LogP contribution in [0.4, 0.5) is 11.4 Å². The van der Waals surface area contributed by atoms with Crippen molar-refractivity contribution in [2.24, 2.45) is 10.9 Å². The normalized spacial score (nSPS) is 17.9. The third-order valence-corrected chi connectivity index (χ3v) is 12.3. The summed E-state index contributed by atoms with van der Waals surface area (Å²) < 4.78 is 12.8. The average Bonchev–Trinajstić information content (AvgIpc) is 3.53. The average molecular weight is 812 g/mol. The van der Waals surface area contributed by atoms with E-state index >= 15 is 0 Å². The number of rotatable bonds is 10. The zero-order valence-corrected chi connectivity index (χ0v) is 36.1. The maximum Gasteiger partial charge on any atom is 0.494 e. The Kier molecular flexibility index (Phi) is 11.1. The number of hydrogen-bond donors (Lipinski definition) is 1. The molecule has 9 rings (SSSR count). The molecule has 0 amide bonds. The largest absolute Gasteiger partial charge is 0.494 e. The van der Waals surface area contributed by atoms with Gasteiger partial charge >= 0.3 is 7.12 Å². The standard InChI is InChI=1S/C54H50BN5O2/c1-36-26-28-46(55-61-53(2,3)54(4,5)62-55)34-48(36)43-27-29-49(45(32-43)35-56-6)57-47-25-15-23-42(33-47)40-21-13-20-39(30-40)41-22-14-24-44(31-41)52-59-50(37-16-9-7-10-17-37)58-51(60-52)38-18-11-8-12-19-38/h7-36,48,57H,1-6H3/b56-35-. The van der Waals surface area contributed by atoms with Gasteiger partial charge in [-0.15, -0.1) is 0 Å². The van der Waals surface area contributed by atoms with Crippen LogP contribution in [0.5, 0.6) is 0 Å². The van der Waals surface area contributed by atoms with Gasteiger partial charge in [0.25, 0.3) is 0 Å². The molecule has 306 valence electrons. The molecule has 2 unspecified atom stereocenters. The molecule has 0 saturated carbocycles. The van der Waals surface area contributed by atoms with Crippen LogP contribution in [0.25, 0.3) is 56.4 Å². The third kappa shape index (κ3) is 8.44. The molecule has 7 aromatic rings. The molecule has 1 saturated heterocycles. The second-order valence-electron chi connectivity index (χ2n) is 17.1. The lowest BCUT2D eigenvalue weighted by Gasteiger charge is -2.32. The zero-order valence-electron chi connectivity index (χ0n) is 36.1. The van der Waals surface area contributed by atoms with Gasteiger partial charge in [0.1, 0.15) is 0 Å². The van der Waals surface area contributed by atoms with E-state index in [0.29, 0.717) is 23.4 Å². The van der Waals surface area contributed by atoms with Crippen LogP contribution in [0.15, 0.2) is 180 Å². The summed E-state index contributed by atoms with van der Waals surface area (Å²) >= 11 is 0. The Bertz CT molecular complexity index is 2760. The second kappa shape index (κ2) is 17.0. The Labute approximate surface area is 365 Å². The minimum absolute atomic E-state index is 0.166. The Balaban J connectivity index is 0.973. The van der Waals surface area contributed by atoms with E-state index in [1.165, 1.54) is 5.56 Å². The molecular weight excluding hydrogens is 761 g/mol. The predicted octanol–water partition coefficient (Wildman–Crippen LogP) is 12.8. The Hall–Kier alpha value is -6.74. The molecule has 1 N–H and O–H groups in total. The first-order valence-corrected chi connectivity index (χ1v) is 21.3. The molecule has 1 aromatic heterocycles. The van der Waals surface area contributed by atoms with Crippen LogP contribution in [0, 0.1) is 5.92 Å². The lowest BCUT2D eigenvalue weighted by molar-refractivity contribution is 0.00578. The Morgan fingerprint density at radius 3 is 1.66 bits per heavy atom. The summed E-state index contributed by atoms with van der Waals surface area (Å²) in [6.45, 7) is 10.6. The van der Waals surface area contributed by atoms with Crippen LogP contribution in [0.2, 0.25) is 0 Å². The van der Waals surface area contributed by atoms with Crippen molar-refractivity contribution >= 4 is 24.7 Å². The fourth-order valence-electron chi connectivity index (χ4n) is 8.07. The van der Waals surface area contributed by atoms with Crippen LogP contribution in [0.1, 0.15) is 51.7 Å². The summed E-state index contributed by atoms with van der Waals surface area (Å²) in [7, 11) is 1.42. The molecule has 2 heterocycles. The van der Waals surface area contributed by atoms with E-state index in [4.69, 9.17) is 24.3 Å². The molecule has 1 aliphatic carbocycles. The first-order chi connectivity index (χ1) is 30.0. The van der Waals surface area contributed by atoms with Crippen LogP contribution in [-0.4, -0.2) is 46.5 Å². The van der Waals surface area contributed by atoms with Gasteiger partial charge in [-0.05, 0) is 103 Å². The third-order valence-electron chi connectivity index (χ3n) is 12.3. The van der Waals surface area contributed by atoms with Crippen molar-refractivity contribution in [3.8, 4) is 56.4 Å². The number of aliphatic imine (C=N–C) groups is 1. The minimum atomic E-state index is -0.397. The molecule has 1 aliphatic heterocycles. The molecule has 2 atom stereocenters. The number of anilines is 2. The Morgan fingerprint density at radius 1 is 0.581 bits per heavy atom. The zero-order chi connectivity index (χ0) is 42.8. The summed E-state index contributed by atoms with van der Waals surface area (Å²) in [6, 6.07) is 52.4. The van der Waals surface area contributed by atoms with Crippen molar-refractivity contribution in [2.45, 2.75) is 51.7 Å². The van der Waals surface area contributed by atoms with Crippen LogP contribution in [-0.2, 0) is 9.31 Å². The van der Waals surface area contributed by atoms with E-state index in [1.54, 1.807) is 0 Å². The van der Waals surface area contributed by atoms with E-state index < -0.39 is 18.3 Å². The van der Waals surface area contributed by atoms with E-state index in [9.17, 15) is 0 Å². The van der Waals surface area contributed by atoms with Gasteiger partial charge in [0.15, 0.2) is 17.5 Å². The van der Waals surface area contributed by atoms with Gasteiger partial charge in [-0.3, -0.25) is 4.99 Å². The maximum atomic E-state index is 6.42. The van der Waals surface area contributed by atoms with E-state index in [0.717, 1.165) is 61.4 Å². The van der Waals surface area contributed by atoms with Crippen molar-refractivity contribution in [3.05, 3.63) is 186 Å². The summed E-state index contributed by atoms with van der Waals surface area (Å²) in [5, 5.41) is 3.71. The van der Waals surface area contributed by atoms with Gasteiger partial charge < -0.3 is 14.6 Å². The van der Waals surface area contributed by atoms with Crippen LogP contribution in [0.3, 0.4) is 0 Å². The first kappa shape index (κ1) is 40.7. The smallest absolute Gasteiger partial charge is 0.399 e. The fourth-order valence-corrected chi connectivity index (χ4v) is 8.07. The highest BCUT2D eigenvalue weighted by atomic mass is 16.7. The number of nitrogens with one attached hydrogen (secondary N) is 1. The van der Waals surface area contributed by atoms with E-state index in [-0.39, 0.29) is 5.92 Å². The van der Waals surface area contributed by atoms with Crippen molar-refractivity contribution in [1.29, 1.82) is 0 Å². The highest BCUT2D eigenvalue weighted by molar-refractivity contribution is 6.55. The van der Waals surface area contributed by atoms with Crippen molar-refractivity contribution < 1.29 is 9.31 Å². The number of hydrogen-bond acceptors (Lipinski definition) is 7. The molecule has 0 bridgehead atoms. The summed E-state index contributed by atoms with van der Waals surface area (Å²) in [6.07, 6.45) is 8.67. The lowest BCUT2D eigenvalue weighted by Crippen LogP contribution is -2.41. The molecule has 62 heavy (non-hydrogen) atoms. The molecule has 1 fully saturated rings. The SMILES string of the molecule is C/N=C\c1cc(C2C=C(B3OC(C)(C)C(C)(C)O3)C=CC2C)ccc1Nc1cccc(-c2cccc(-c3cccc(-c4nc(-c5ccccc5)nc(-c5ccccc5)n4)c3)c2)c1. The monoisotopic (exact) mass is 811 g/mol. The molecule has 0 spiro atoms. The highest BCUT2D eigenvalue weighted by Crippen LogP contribution is 2.42. The summed E-state index contributed by atoms with van der Waals surface area (Å²) in [5.41, 5.74) is 11.7. The van der Waals surface area contributed by atoms with E-state index in [2.05, 4.69) is 154 Å². The molecule has 2 aliphatic rings. The first-order valence-electron chi connectivity index (χ1n) is 21.3. The summed E-state index contributed by atoms with van der Waals surface area (Å²) in [4.78, 5) is 19.3. The van der Waals surface area contributed by atoms with Crippen LogP contribution < -0.4 is 5.32 Å². The van der Waals surface area contributed by atoms with Crippen LogP contribution >= 0.6 is 0 Å². The maximum absolute atomic E-state index is 6.42. The summed E-state index contributed by atoms with van der Waals surface area (Å²) in [5.74, 6) is 2.38. The van der Waals surface area contributed by atoms with Gasteiger partial charge in [0.05, 0.1) is 11.2 Å². The highest BCUT2D eigenvalue weighted by Gasteiger charge is 2.52. The van der Waals surface area contributed by atoms with Crippen molar-refractivity contribution in [3.63, 3.8) is 0 Å². The minimum Gasteiger partial charge on any atom is -0.399 e. The second-order valence-corrected chi connectivity index (χ2v) is 17.1. The number of aromatic nitrogens is 3. The predicted molar refractivity (Wildman–Crippen MR) is 255 cm³/mol. The van der Waals surface area contributed by atoms with Crippen molar-refractivity contribution in [1.82, 2.24) is 15.0 Å². The van der Waals surface area contributed by atoms with Gasteiger partial charge in [-0.25, -0.2) is 15.0 Å². The van der Waals surface area contributed by atoms with Gasteiger partial charge in [-0.1, -0.05) is 140 Å². The topological polar surface area (TPSA) is 81.5 Å². The van der Waals surface area contributed by atoms with Gasteiger partial charge in [-0.2, -0.15) is 0 Å². The number of nitrogens with zero attached hydrogens (tertiary/aromatic N) is 4. The van der Waals surface area contributed by atoms with Gasteiger partial charge in [0, 0.05) is 52.8 Å². The lowest BCUT2D eigenvalue weighted by atomic mass is 9.70. The Morgan fingerprint density at radius 2 is 1.08 bits per heavy atom. The molecular formula is C54H50BN5O2. The fraction of sp³-hybridized carbons (Fsp3) is 0.185. The molecule has 7 nitrogen and oxygen atoms in total. The molecule has 0 radical (unpaired) electrons. The van der Waals surface area contributed by atoms with E-state index in [1.807, 2.05) is 73.9 Å². The van der Waals surface area contributed by atoms with Gasteiger partial charge in [0.2, 0.25) is 0 Å². The van der Waals surface area contributed by atoms with Crippen molar-refractivity contribution in [2.75, 3.05) is 12.4 Å². The molecule has 6 aromatic carbocycles. The molecule has 8 heteroatoms. The quantitative estimate of drug-likeness (QED) is 0.109.